The fourth-order valence-corrected chi connectivity index (χ4v) is 1.60. The van der Waals surface area contributed by atoms with Crippen LogP contribution in [-0.2, 0) is 9.53 Å². The third-order valence-electron chi connectivity index (χ3n) is 2.60. The predicted octanol–water partition coefficient (Wildman–Crippen LogP) is 2.65. The summed E-state index contributed by atoms with van der Waals surface area (Å²) in [7, 11) is 0. The van der Waals surface area contributed by atoms with Crippen LogP contribution >= 0.6 is 0 Å². The molecule has 2 heteroatoms. The highest BCUT2D eigenvalue weighted by Crippen LogP contribution is 2.20. The quantitative estimate of drug-likeness (QED) is 0.654. The van der Waals surface area contributed by atoms with Crippen molar-refractivity contribution < 1.29 is 9.53 Å². The summed E-state index contributed by atoms with van der Waals surface area (Å²) < 4.78 is 5.38. The molecule has 0 amide bonds. The number of carbonyl (C=O) groups is 1. The molecule has 1 aliphatic heterocycles. The van der Waals surface area contributed by atoms with Gasteiger partial charge in [-0.25, -0.2) is 0 Å². The lowest BCUT2D eigenvalue weighted by atomic mass is 9.98. The van der Waals surface area contributed by atoms with Crippen molar-refractivity contribution in [3.8, 4) is 0 Å². The van der Waals surface area contributed by atoms with E-state index in [1.165, 1.54) is 0 Å². The molecule has 1 saturated heterocycles. The van der Waals surface area contributed by atoms with Crippen LogP contribution in [-0.4, -0.2) is 12.4 Å². The third kappa shape index (κ3) is 2.27. The summed E-state index contributed by atoms with van der Waals surface area (Å²) in [5.74, 6) is 0.707. The van der Waals surface area contributed by atoms with Gasteiger partial charge in [0.25, 0.3) is 0 Å². The Morgan fingerprint density at radius 3 is 2.80 bits per heavy atom. The molecule has 0 aliphatic carbocycles. The summed E-state index contributed by atoms with van der Waals surface area (Å²) >= 11 is 0. The number of benzene rings is 1. The molecular weight excluding hydrogens is 188 g/mol. The Morgan fingerprint density at radius 2 is 2.07 bits per heavy atom. The SMILES string of the molecule is CC1CCO/C(=C\c2ccccc2)C1=O. The van der Waals surface area contributed by atoms with Gasteiger partial charge in [0.2, 0.25) is 0 Å². The molecule has 0 aromatic heterocycles. The van der Waals surface area contributed by atoms with E-state index >= 15 is 0 Å². The highest BCUT2D eigenvalue weighted by atomic mass is 16.5. The average Bonchev–Trinajstić information content (AvgIpc) is 2.26. The van der Waals surface area contributed by atoms with Crippen LogP contribution in [0.4, 0.5) is 0 Å². The lowest BCUT2D eigenvalue weighted by Gasteiger charge is -2.20. The number of ether oxygens (including phenoxy) is 1. The van der Waals surface area contributed by atoms with Gasteiger partial charge in [-0.2, -0.15) is 0 Å². The number of carbonyl (C=O) groups excluding carboxylic acids is 1. The minimum Gasteiger partial charge on any atom is -0.490 e. The molecule has 2 rings (SSSR count). The van der Waals surface area contributed by atoms with E-state index in [1.807, 2.05) is 43.3 Å². The van der Waals surface area contributed by atoms with E-state index in [4.69, 9.17) is 4.74 Å². The Bertz CT molecular complexity index is 379. The van der Waals surface area contributed by atoms with Gasteiger partial charge in [0, 0.05) is 5.92 Å². The van der Waals surface area contributed by atoms with Gasteiger partial charge in [0.1, 0.15) is 0 Å². The molecule has 1 fully saturated rings. The zero-order valence-electron chi connectivity index (χ0n) is 8.77. The van der Waals surface area contributed by atoms with E-state index in [0.29, 0.717) is 12.4 Å². The molecule has 1 aromatic carbocycles. The smallest absolute Gasteiger partial charge is 0.200 e. The van der Waals surface area contributed by atoms with Gasteiger partial charge in [-0.05, 0) is 18.1 Å². The minimum atomic E-state index is 0.0914. The van der Waals surface area contributed by atoms with E-state index < -0.39 is 0 Å². The number of ketones is 1. The first kappa shape index (κ1) is 9.97. The molecule has 1 heterocycles. The molecule has 0 N–H and O–H groups in total. The van der Waals surface area contributed by atoms with E-state index in [1.54, 1.807) is 0 Å². The molecular formula is C13H14O2. The van der Waals surface area contributed by atoms with E-state index in [9.17, 15) is 4.79 Å². The maximum absolute atomic E-state index is 11.7. The topological polar surface area (TPSA) is 26.3 Å². The molecule has 0 saturated carbocycles. The van der Waals surface area contributed by atoms with E-state index in [-0.39, 0.29) is 11.7 Å². The van der Waals surface area contributed by atoms with Crippen molar-refractivity contribution in [1.29, 1.82) is 0 Å². The molecule has 0 radical (unpaired) electrons. The summed E-state index contributed by atoms with van der Waals surface area (Å²) in [4.78, 5) is 11.7. The second-order valence-corrected chi connectivity index (χ2v) is 3.82. The Balaban J connectivity index is 2.23. The van der Waals surface area contributed by atoms with Crippen LogP contribution in [0.5, 0.6) is 0 Å². The van der Waals surface area contributed by atoms with Crippen molar-refractivity contribution in [2.45, 2.75) is 13.3 Å². The molecule has 78 valence electrons. The third-order valence-corrected chi connectivity index (χ3v) is 2.60. The summed E-state index contributed by atoms with van der Waals surface area (Å²) in [6.45, 7) is 2.59. The maximum Gasteiger partial charge on any atom is 0.200 e. The zero-order chi connectivity index (χ0) is 10.7. The Labute approximate surface area is 89.6 Å². The molecule has 1 aromatic rings. The fraction of sp³-hybridized carbons (Fsp3) is 0.308. The van der Waals surface area contributed by atoms with Gasteiger partial charge in [-0.1, -0.05) is 37.3 Å². The maximum atomic E-state index is 11.7. The van der Waals surface area contributed by atoms with Crippen LogP contribution in [0.15, 0.2) is 36.1 Å². The van der Waals surface area contributed by atoms with Gasteiger partial charge >= 0.3 is 0 Å². The van der Waals surface area contributed by atoms with Gasteiger partial charge in [-0.15, -0.1) is 0 Å². The highest BCUT2D eigenvalue weighted by Gasteiger charge is 2.23. The van der Waals surface area contributed by atoms with Gasteiger partial charge in [0.15, 0.2) is 11.5 Å². The minimum absolute atomic E-state index is 0.0914. The first-order valence-electron chi connectivity index (χ1n) is 5.21. The number of allylic oxidation sites excluding steroid dienone is 1. The number of rotatable bonds is 1. The molecule has 0 spiro atoms. The standard InChI is InChI=1S/C13H14O2/c1-10-7-8-15-12(13(10)14)9-11-5-3-2-4-6-11/h2-6,9-10H,7-8H2,1H3/b12-9-. The molecule has 15 heavy (non-hydrogen) atoms. The Kier molecular flexibility index (Phi) is 2.86. The van der Waals surface area contributed by atoms with Crippen molar-refractivity contribution in [2.75, 3.05) is 6.61 Å². The fourth-order valence-electron chi connectivity index (χ4n) is 1.60. The van der Waals surface area contributed by atoms with Crippen LogP contribution < -0.4 is 0 Å². The van der Waals surface area contributed by atoms with Crippen molar-refractivity contribution in [2.24, 2.45) is 5.92 Å². The average molecular weight is 202 g/mol. The van der Waals surface area contributed by atoms with Crippen molar-refractivity contribution in [1.82, 2.24) is 0 Å². The summed E-state index contributed by atoms with van der Waals surface area (Å²) in [6, 6.07) is 9.77. The summed E-state index contributed by atoms with van der Waals surface area (Å²) in [6.07, 6.45) is 2.64. The first-order chi connectivity index (χ1) is 7.27. The molecule has 1 atom stereocenters. The van der Waals surface area contributed by atoms with E-state index in [2.05, 4.69) is 0 Å². The van der Waals surface area contributed by atoms with Gasteiger partial charge in [0.05, 0.1) is 6.61 Å². The Morgan fingerprint density at radius 1 is 1.33 bits per heavy atom. The van der Waals surface area contributed by atoms with Crippen molar-refractivity contribution in [3.05, 3.63) is 41.7 Å². The predicted molar refractivity (Wildman–Crippen MR) is 59.2 cm³/mol. The van der Waals surface area contributed by atoms with Crippen LogP contribution in [0, 0.1) is 5.92 Å². The zero-order valence-corrected chi connectivity index (χ0v) is 8.77. The second kappa shape index (κ2) is 4.30. The normalized spacial score (nSPS) is 23.9. The van der Waals surface area contributed by atoms with Crippen molar-refractivity contribution in [3.63, 3.8) is 0 Å². The largest absolute Gasteiger partial charge is 0.490 e. The number of hydrogen-bond acceptors (Lipinski definition) is 2. The van der Waals surface area contributed by atoms with Crippen LogP contribution in [0.25, 0.3) is 6.08 Å². The molecule has 1 unspecified atom stereocenters. The van der Waals surface area contributed by atoms with E-state index in [0.717, 1.165) is 12.0 Å². The highest BCUT2D eigenvalue weighted by molar-refractivity contribution is 5.99. The second-order valence-electron chi connectivity index (χ2n) is 3.82. The lowest BCUT2D eigenvalue weighted by Crippen LogP contribution is -2.23. The number of hydrogen-bond donors (Lipinski definition) is 0. The van der Waals surface area contributed by atoms with Crippen LogP contribution in [0.2, 0.25) is 0 Å². The summed E-state index contributed by atoms with van der Waals surface area (Å²) in [5.41, 5.74) is 1.01. The number of Topliss-reactive ketones (excluding diaryl/α,β-unsaturated/α-hetero) is 1. The van der Waals surface area contributed by atoms with Crippen LogP contribution in [0.3, 0.4) is 0 Å². The monoisotopic (exact) mass is 202 g/mol. The summed E-state index contributed by atoms with van der Waals surface area (Å²) in [5, 5.41) is 0. The Hall–Kier alpha value is -1.57. The molecule has 1 aliphatic rings. The molecule has 0 bridgehead atoms. The van der Waals surface area contributed by atoms with Crippen LogP contribution in [0.1, 0.15) is 18.9 Å². The first-order valence-corrected chi connectivity index (χ1v) is 5.21. The lowest BCUT2D eigenvalue weighted by molar-refractivity contribution is -0.125. The molecule has 2 nitrogen and oxygen atoms in total. The van der Waals surface area contributed by atoms with Gasteiger partial charge in [-0.3, -0.25) is 4.79 Å². The van der Waals surface area contributed by atoms with Gasteiger partial charge < -0.3 is 4.74 Å². The van der Waals surface area contributed by atoms with Crippen molar-refractivity contribution >= 4 is 11.9 Å².